The Hall–Kier alpha value is -1.61. The molecule has 0 radical (unpaired) electrons. The fourth-order valence-electron chi connectivity index (χ4n) is 1.88. The van der Waals surface area contributed by atoms with Gasteiger partial charge in [0.25, 0.3) is 0 Å². The van der Waals surface area contributed by atoms with Crippen LogP contribution in [0.1, 0.15) is 24.2 Å². The van der Waals surface area contributed by atoms with Crippen LogP contribution in [-0.2, 0) is 7.05 Å². The smallest absolute Gasteiger partial charge is 0.0867 e. The third-order valence-electron chi connectivity index (χ3n) is 2.62. The number of aryl methyl sites for hydroxylation is 2. The number of hydrogen-bond acceptors (Lipinski definition) is 2. The Kier molecular flexibility index (Phi) is 2.79. The Labute approximate surface area is 95.9 Å². The summed E-state index contributed by atoms with van der Waals surface area (Å²) < 4.78 is 1.82. The molecule has 2 N–H and O–H groups in total. The average Bonchev–Trinajstić information content (AvgIpc) is 2.60. The van der Waals surface area contributed by atoms with E-state index >= 15 is 0 Å². The number of rotatable bonds is 2. The van der Waals surface area contributed by atoms with E-state index in [1.807, 2.05) is 24.9 Å². The van der Waals surface area contributed by atoms with E-state index in [1.54, 1.807) is 0 Å². The second kappa shape index (κ2) is 4.10. The first-order valence-corrected chi connectivity index (χ1v) is 5.44. The molecule has 1 heterocycles. The molecule has 2 aromatic rings. The molecule has 0 fully saturated rings. The van der Waals surface area contributed by atoms with E-state index in [9.17, 15) is 0 Å². The van der Waals surface area contributed by atoms with Crippen molar-refractivity contribution in [2.75, 3.05) is 0 Å². The summed E-state index contributed by atoms with van der Waals surface area (Å²) in [7, 11) is 1.92. The highest BCUT2D eigenvalue weighted by molar-refractivity contribution is 5.66. The van der Waals surface area contributed by atoms with Crippen LogP contribution >= 0.6 is 0 Å². The summed E-state index contributed by atoms with van der Waals surface area (Å²) in [5, 5.41) is 4.41. The third-order valence-corrected chi connectivity index (χ3v) is 2.62. The lowest BCUT2D eigenvalue weighted by Gasteiger charge is -2.05. The molecule has 0 spiro atoms. The fourth-order valence-corrected chi connectivity index (χ4v) is 1.88. The number of benzene rings is 1. The molecule has 0 bridgehead atoms. The number of nitrogens with two attached hydrogens (primary N) is 1. The molecule has 2 rings (SSSR count). The lowest BCUT2D eigenvalue weighted by Crippen LogP contribution is -2.07. The zero-order valence-corrected chi connectivity index (χ0v) is 9.94. The quantitative estimate of drug-likeness (QED) is 0.836. The summed E-state index contributed by atoms with van der Waals surface area (Å²) in [6.07, 6.45) is 2.02. The molecule has 0 saturated carbocycles. The minimum atomic E-state index is -0.0447. The number of hydrogen-bond donors (Lipinski definition) is 1. The highest BCUT2D eigenvalue weighted by atomic mass is 15.3. The van der Waals surface area contributed by atoms with Crippen LogP contribution in [0.15, 0.2) is 30.5 Å². The van der Waals surface area contributed by atoms with E-state index in [0.717, 1.165) is 11.3 Å². The van der Waals surface area contributed by atoms with Gasteiger partial charge in [-0.3, -0.25) is 4.68 Å². The molecule has 0 saturated heterocycles. The number of nitrogens with zero attached hydrogens (tertiary/aromatic N) is 2. The Bertz CT molecular complexity index is 498. The summed E-state index contributed by atoms with van der Waals surface area (Å²) in [4.78, 5) is 0. The van der Waals surface area contributed by atoms with Gasteiger partial charge in [-0.15, -0.1) is 0 Å². The van der Waals surface area contributed by atoms with Crippen LogP contribution in [-0.4, -0.2) is 9.78 Å². The zero-order valence-electron chi connectivity index (χ0n) is 9.94. The van der Waals surface area contributed by atoms with E-state index in [1.165, 1.54) is 11.1 Å². The molecule has 0 aliphatic rings. The fraction of sp³-hybridized carbons (Fsp3) is 0.308. The van der Waals surface area contributed by atoms with Crippen molar-refractivity contribution < 1.29 is 0 Å². The minimum Gasteiger partial charge on any atom is -0.323 e. The standard InChI is InChI=1S/C13H17N3/c1-9-5-4-6-11(7-9)12-8-16(3)15-13(12)10(2)14/h4-8,10H,14H2,1-3H3. The summed E-state index contributed by atoms with van der Waals surface area (Å²) in [5.74, 6) is 0. The highest BCUT2D eigenvalue weighted by Gasteiger charge is 2.13. The topological polar surface area (TPSA) is 43.8 Å². The van der Waals surface area contributed by atoms with Gasteiger partial charge >= 0.3 is 0 Å². The molecule has 0 aliphatic carbocycles. The summed E-state index contributed by atoms with van der Waals surface area (Å²) >= 11 is 0. The van der Waals surface area contributed by atoms with Crippen molar-refractivity contribution in [2.24, 2.45) is 12.8 Å². The summed E-state index contributed by atoms with van der Waals surface area (Å²) in [6.45, 7) is 4.05. The Morgan fingerprint density at radius 1 is 1.38 bits per heavy atom. The van der Waals surface area contributed by atoms with Gasteiger partial charge < -0.3 is 5.73 Å². The maximum Gasteiger partial charge on any atom is 0.0867 e. The molecule has 1 unspecified atom stereocenters. The van der Waals surface area contributed by atoms with Crippen molar-refractivity contribution in [3.05, 3.63) is 41.7 Å². The average molecular weight is 215 g/mol. The van der Waals surface area contributed by atoms with Crippen molar-refractivity contribution in [2.45, 2.75) is 19.9 Å². The molecule has 3 nitrogen and oxygen atoms in total. The SMILES string of the molecule is Cc1cccc(-c2cn(C)nc2C(C)N)c1. The van der Waals surface area contributed by atoms with Gasteiger partial charge in [0.1, 0.15) is 0 Å². The molecular weight excluding hydrogens is 198 g/mol. The van der Waals surface area contributed by atoms with Gasteiger partial charge in [-0.25, -0.2) is 0 Å². The van der Waals surface area contributed by atoms with Gasteiger partial charge in [-0.2, -0.15) is 5.10 Å². The van der Waals surface area contributed by atoms with Gasteiger partial charge in [0, 0.05) is 24.8 Å². The second-order valence-electron chi connectivity index (χ2n) is 4.26. The van der Waals surface area contributed by atoms with Gasteiger partial charge in [0.15, 0.2) is 0 Å². The molecule has 1 aromatic carbocycles. The molecule has 3 heteroatoms. The Morgan fingerprint density at radius 3 is 2.75 bits per heavy atom. The molecule has 16 heavy (non-hydrogen) atoms. The summed E-state index contributed by atoms with van der Waals surface area (Å²) in [6, 6.07) is 8.35. The summed E-state index contributed by atoms with van der Waals surface area (Å²) in [5.41, 5.74) is 10.4. The maximum atomic E-state index is 5.93. The molecular formula is C13H17N3. The van der Waals surface area contributed by atoms with Crippen LogP contribution < -0.4 is 5.73 Å². The minimum absolute atomic E-state index is 0.0447. The third kappa shape index (κ3) is 1.99. The van der Waals surface area contributed by atoms with Crippen LogP contribution in [0.25, 0.3) is 11.1 Å². The Balaban J connectivity index is 2.55. The first kappa shape index (κ1) is 10.9. The van der Waals surface area contributed by atoms with E-state index < -0.39 is 0 Å². The van der Waals surface area contributed by atoms with Gasteiger partial charge in [0.05, 0.1) is 5.69 Å². The predicted octanol–water partition coefficient (Wildman–Crippen LogP) is 2.42. The van der Waals surface area contributed by atoms with Crippen LogP contribution in [0.3, 0.4) is 0 Å². The van der Waals surface area contributed by atoms with E-state index in [0.29, 0.717) is 0 Å². The van der Waals surface area contributed by atoms with E-state index in [2.05, 4.69) is 36.3 Å². The lowest BCUT2D eigenvalue weighted by molar-refractivity contribution is 0.699. The highest BCUT2D eigenvalue weighted by Crippen LogP contribution is 2.26. The largest absolute Gasteiger partial charge is 0.323 e. The predicted molar refractivity (Wildman–Crippen MR) is 66.0 cm³/mol. The Morgan fingerprint density at radius 2 is 2.12 bits per heavy atom. The van der Waals surface area contributed by atoms with Gasteiger partial charge in [-0.05, 0) is 19.4 Å². The van der Waals surface area contributed by atoms with E-state index in [-0.39, 0.29) is 6.04 Å². The molecule has 0 amide bonds. The first-order valence-electron chi connectivity index (χ1n) is 5.44. The van der Waals surface area contributed by atoms with Crippen molar-refractivity contribution in [1.29, 1.82) is 0 Å². The normalized spacial score (nSPS) is 12.8. The maximum absolute atomic E-state index is 5.93. The van der Waals surface area contributed by atoms with Crippen LogP contribution in [0.4, 0.5) is 0 Å². The van der Waals surface area contributed by atoms with Crippen LogP contribution in [0.2, 0.25) is 0 Å². The van der Waals surface area contributed by atoms with Crippen LogP contribution in [0.5, 0.6) is 0 Å². The van der Waals surface area contributed by atoms with Gasteiger partial charge in [0.2, 0.25) is 0 Å². The second-order valence-corrected chi connectivity index (χ2v) is 4.26. The van der Waals surface area contributed by atoms with Gasteiger partial charge in [-0.1, -0.05) is 29.8 Å². The van der Waals surface area contributed by atoms with Crippen molar-refractivity contribution in [1.82, 2.24) is 9.78 Å². The van der Waals surface area contributed by atoms with Crippen LogP contribution in [0, 0.1) is 6.92 Å². The van der Waals surface area contributed by atoms with Crippen molar-refractivity contribution in [3.63, 3.8) is 0 Å². The molecule has 1 aromatic heterocycles. The monoisotopic (exact) mass is 215 g/mol. The molecule has 84 valence electrons. The molecule has 0 aliphatic heterocycles. The molecule has 1 atom stereocenters. The number of aromatic nitrogens is 2. The van der Waals surface area contributed by atoms with Crippen molar-refractivity contribution >= 4 is 0 Å². The van der Waals surface area contributed by atoms with E-state index in [4.69, 9.17) is 5.73 Å². The zero-order chi connectivity index (χ0) is 11.7. The lowest BCUT2D eigenvalue weighted by atomic mass is 10.0. The first-order chi connectivity index (χ1) is 7.58. The van der Waals surface area contributed by atoms with Crippen molar-refractivity contribution in [3.8, 4) is 11.1 Å².